The first-order valence-corrected chi connectivity index (χ1v) is 7.37. The van der Waals surface area contributed by atoms with Crippen molar-refractivity contribution in [3.63, 3.8) is 0 Å². The van der Waals surface area contributed by atoms with E-state index in [1.807, 2.05) is 0 Å². The molecule has 100 valence electrons. The van der Waals surface area contributed by atoms with Crippen LogP contribution in [0.15, 0.2) is 24.3 Å². The number of hydrogen-bond donors (Lipinski definition) is 1. The third kappa shape index (κ3) is 4.75. The van der Waals surface area contributed by atoms with Crippen molar-refractivity contribution < 1.29 is 17.9 Å². The van der Waals surface area contributed by atoms with Crippen LogP contribution >= 0.6 is 0 Å². The molecule has 0 amide bonds. The predicted octanol–water partition coefficient (Wildman–Crippen LogP) is 1.55. The van der Waals surface area contributed by atoms with E-state index in [2.05, 4.69) is 4.72 Å². The second-order valence-electron chi connectivity index (χ2n) is 3.68. The lowest BCUT2D eigenvalue weighted by Crippen LogP contribution is -2.14. The maximum Gasteiger partial charge on any atom is 0.310 e. The number of ether oxygens (including phenoxy) is 1. The van der Waals surface area contributed by atoms with Gasteiger partial charge in [-0.05, 0) is 31.5 Å². The van der Waals surface area contributed by atoms with E-state index in [0.29, 0.717) is 12.3 Å². The summed E-state index contributed by atoms with van der Waals surface area (Å²) in [5.74, 6) is -0.267. The van der Waals surface area contributed by atoms with Gasteiger partial charge in [0.15, 0.2) is 0 Å². The molecule has 1 N–H and O–H groups in total. The van der Waals surface area contributed by atoms with Gasteiger partial charge in [-0.25, -0.2) is 8.42 Å². The third-order valence-corrected chi connectivity index (χ3v) is 3.57. The van der Waals surface area contributed by atoms with Gasteiger partial charge in [0.1, 0.15) is 0 Å². The van der Waals surface area contributed by atoms with Crippen molar-refractivity contribution in [2.24, 2.45) is 0 Å². The Morgan fingerprint density at radius 1 is 1.22 bits per heavy atom. The summed E-state index contributed by atoms with van der Waals surface area (Å²) in [7, 11) is -3.26. The number of carbonyl (C=O) groups is 1. The van der Waals surface area contributed by atoms with Gasteiger partial charge in [0.2, 0.25) is 10.0 Å². The average molecular weight is 271 g/mol. The van der Waals surface area contributed by atoms with E-state index in [1.54, 1.807) is 38.1 Å². The Labute approximate surface area is 107 Å². The molecule has 0 bridgehead atoms. The van der Waals surface area contributed by atoms with Crippen molar-refractivity contribution in [2.75, 3.05) is 17.1 Å². The van der Waals surface area contributed by atoms with E-state index in [4.69, 9.17) is 4.74 Å². The van der Waals surface area contributed by atoms with Crippen molar-refractivity contribution in [2.45, 2.75) is 20.3 Å². The van der Waals surface area contributed by atoms with Gasteiger partial charge in [-0.2, -0.15) is 0 Å². The Morgan fingerprint density at radius 3 is 2.33 bits per heavy atom. The summed E-state index contributed by atoms with van der Waals surface area (Å²) in [6, 6.07) is 6.65. The van der Waals surface area contributed by atoms with Gasteiger partial charge >= 0.3 is 5.97 Å². The minimum Gasteiger partial charge on any atom is -0.466 e. The summed E-state index contributed by atoms with van der Waals surface area (Å²) in [6.07, 6.45) is 0.189. The van der Waals surface area contributed by atoms with E-state index in [0.717, 1.165) is 5.56 Å². The highest BCUT2D eigenvalue weighted by Gasteiger charge is 2.07. The molecule has 0 aromatic heterocycles. The summed E-state index contributed by atoms with van der Waals surface area (Å²) in [5, 5.41) is 0. The van der Waals surface area contributed by atoms with Gasteiger partial charge in [-0.15, -0.1) is 0 Å². The van der Waals surface area contributed by atoms with Crippen molar-refractivity contribution in [3.05, 3.63) is 29.8 Å². The Morgan fingerprint density at radius 2 is 1.83 bits per heavy atom. The van der Waals surface area contributed by atoms with Crippen LogP contribution in [0.25, 0.3) is 0 Å². The standard InChI is InChI=1S/C12H17NO4S/c1-3-17-12(14)9-10-5-7-11(8-6-10)13-18(15,16)4-2/h5-8,13H,3-4,9H2,1-2H3. The number of benzene rings is 1. The lowest BCUT2D eigenvalue weighted by Gasteiger charge is -2.07. The van der Waals surface area contributed by atoms with Crippen LogP contribution in [0.1, 0.15) is 19.4 Å². The van der Waals surface area contributed by atoms with Gasteiger partial charge in [0.05, 0.1) is 18.8 Å². The topological polar surface area (TPSA) is 72.5 Å². The molecule has 1 rings (SSSR count). The molecule has 0 atom stereocenters. The van der Waals surface area contributed by atoms with Gasteiger partial charge in [0.25, 0.3) is 0 Å². The molecule has 0 spiro atoms. The van der Waals surface area contributed by atoms with Crippen molar-refractivity contribution in [3.8, 4) is 0 Å². The molecule has 0 fully saturated rings. The molecule has 0 aliphatic heterocycles. The largest absolute Gasteiger partial charge is 0.466 e. The van der Waals surface area contributed by atoms with Crippen LogP contribution in [0.2, 0.25) is 0 Å². The lowest BCUT2D eigenvalue weighted by atomic mass is 10.1. The molecular weight excluding hydrogens is 254 g/mol. The first-order valence-electron chi connectivity index (χ1n) is 5.72. The zero-order chi connectivity index (χ0) is 13.6. The Hall–Kier alpha value is -1.56. The maximum absolute atomic E-state index is 11.3. The molecule has 0 aliphatic rings. The van der Waals surface area contributed by atoms with Crippen LogP contribution in [-0.2, 0) is 26.0 Å². The highest BCUT2D eigenvalue weighted by molar-refractivity contribution is 7.92. The number of rotatable bonds is 6. The van der Waals surface area contributed by atoms with Crippen LogP contribution in [0.5, 0.6) is 0 Å². The molecule has 0 saturated carbocycles. The Bertz CT molecular complexity index is 493. The van der Waals surface area contributed by atoms with E-state index < -0.39 is 10.0 Å². The normalized spacial score (nSPS) is 11.0. The van der Waals surface area contributed by atoms with Crippen molar-refractivity contribution >= 4 is 21.7 Å². The molecule has 6 heteroatoms. The number of sulfonamides is 1. The maximum atomic E-state index is 11.3. The zero-order valence-electron chi connectivity index (χ0n) is 10.5. The average Bonchev–Trinajstić information content (AvgIpc) is 2.32. The minimum absolute atomic E-state index is 0.0254. The van der Waals surface area contributed by atoms with Crippen molar-refractivity contribution in [1.29, 1.82) is 0 Å². The molecule has 0 heterocycles. The number of anilines is 1. The zero-order valence-corrected chi connectivity index (χ0v) is 11.3. The van der Waals surface area contributed by atoms with Crippen LogP contribution < -0.4 is 4.72 Å². The first-order chi connectivity index (χ1) is 8.46. The molecule has 0 unspecified atom stereocenters. The molecule has 0 aliphatic carbocycles. The van der Waals surface area contributed by atoms with Gasteiger partial charge in [0, 0.05) is 5.69 Å². The smallest absolute Gasteiger partial charge is 0.310 e. The van der Waals surface area contributed by atoms with Crippen LogP contribution in [0, 0.1) is 0 Å². The van der Waals surface area contributed by atoms with E-state index in [-0.39, 0.29) is 18.1 Å². The molecule has 0 saturated heterocycles. The van der Waals surface area contributed by atoms with Crippen molar-refractivity contribution in [1.82, 2.24) is 0 Å². The summed E-state index contributed by atoms with van der Waals surface area (Å²) in [5.41, 5.74) is 1.28. The van der Waals surface area contributed by atoms with Gasteiger partial charge in [-0.3, -0.25) is 9.52 Å². The molecule has 0 radical (unpaired) electrons. The number of hydrogen-bond acceptors (Lipinski definition) is 4. The van der Waals surface area contributed by atoms with Crippen LogP contribution in [0.4, 0.5) is 5.69 Å². The molecule has 1 aromatic rings. The SMILES string of the molecule is CCOC(=O)Cc1ccc(NS(=O)(=O)CC)cc1. The highest BCUT2D eigenvalue weighted by Crippen LogP contribution is 2.12. The fraction of sp³-hybridized carbons (Fsp3) is 0.417. The summed E-state index contributed by atoms with van der Waals surface area (Å²) in [6.45, 7) is 3.67. The van der Waals surface area contributed by atoms with Gasteiger partial charge < -0.3 is 4.74 Å². The number of nitrogens with one attached hydrogen (secondary N) is 1. The third-order valence-electron chi connectivity index (χ3n) is 2.26. The number of carbonyl (C=O) groups excluding carboxylic acids is 1. The highest BCUT2D eigenvalue weighted by atomic mass is 32.2. The summed E-state index contributed by atoms with van der Waals surface area (Å²) in [4.78, 5) is 11.2. The van der Waals surface area contributed by atoms with Gasteiger partial charge in [-0.1, -0.05) is 12.1 Å². The molecule has 1 aromatic carbocycles. The quantitative estimate of drug-likeness (QED) is 0.797. The molecular formula is C12H17NO4S. The lowest BCUT2D eigenvalue weighted by molar-refractivity contribution is -0.142. The van der Waals surface area contributed by atoms with E-state index in [1.165, 1.54) is 0 Å². The first kappa shape index (κ1) is 14.5. The van der Waals surface area contributed by atoms with E-state index >= 15 is 0 Å². The molecule has 18 heavy (non-hydrogen) atoms. The van der Waals surface area contributed by atoms with Crippen LogP contribution in [-0.4, -0.2) is 26.7 Å². The summed E-state index contributed by atoms with van der Waals surface area (Å²) < 4.78 is 29.9. The fourth-order valence-electron chi connectivity index (χ4n) is 1.32. The Balaban J connectivity index is 2.66. The molecule has 5 nitrogen and oxygen atoms in total. The monoisotopic (exact) mass is 271 g/mol. The minimum atomic E-state index is -3.26. The second-order valence-corrected chi connectivity index (χ2v) is 5.70. The number of esters is 1. The second kappa shape index (κ2) is 6.39. The summed E-state index contributed by atoms with van der Waals surface area (Å²) >= 11 is 0. The van der Waals surface area contributed by atoms with E-state index in [9.17, 15) is 13.2 Å². The predicted molar refractivity (Wildman–Crippen MR) is 69.9 cm³/mol. The Kier molecular flexibility index (Phi) is 5.15. The fourth-order valence-corrected chi connectivity index (χ4v) is 1.96. The van der Waals surface area contributed by atoms with Crippen LogP contribution in [0.3, 0.4) is 0 Å².